The van der Waals surface area contributed by atoms with E-state index in [0.29, 0.717) is 10.7 Å². The Bertz CT molecular complexity index is 994. The average Bonchev–Trinajstić information content (AvgIpc) is 3.02. The van der Waals surface area contributed by atoms with Crippen LogP contribution in [0.25, 0.3) is 10.2 Å². The number of fused-ring (bicyclic) bond motifs is 1. The zero-order valence-corrected chi connectivity index (χ0v) is 22.3. The van der Waals surface area contributed by atoms with Crippen molar-refractivity contribution in [3.8, 4) is 0 Å². The van der Waals surface area contributed by atoms with Crippen molar-refractivity contribution in [2.75, 3.05) is 19.6 Å². The summed E-state index contributed by atoms with van der Waals surface area (Å²) in [6.45, 7) is 3.95. The molecule has 0 spiro atoms. The number of β-amino-alcohol motifs (C(OH)–C–C–N with tert-alkyl or cyclic N) is 1. The molecule has 8 heteroatoms. The zero-order chi connectivity index (χ0) is 21.2. The van der Waals surface area contributed by atoms with Crippen LogP contribution in [0.1, 0.15) is 51.4 Å². The Balaban J connectivity index is 0.00000130. The van der Waals surface area contributed by atoms with Gasteiger partial charge >= 0.3 is 0 Å². The smallest absolute Gasteiger partial charge is 0.182 e. The summed E-state index contributed by atoms with van der Waals surface area (Å²) in [6, 6.07) is 5.97. The van der Waals surface area contributed by atoms with Gasteiger partial charge in [-0.05, 0) is 112 Å². The first-order valence-electron chi connectivity index (χ1n) is 12.2. The third-order valence-corrected chi connectivity index (χ3v) is 10.2. The number of likely N-dealkylation sites (tertiary alicyclic amines) is 1. The van der Waals surface area contributed by atoms with Crippen LogP contribution in [0.15, 0.2) is 18.2 Å². The van der Waals surface area contributed by atoms with Gasteiger partial charge in [-0.1, -0.05) is 22.9 Å². The maximum atomic E-state index is 11.3. The van der Waals surface area contributed by atoms with E-state index in [1.165, 1.54) is 49.9 Å². The number of nitrogens with one attached hydrogen (secondary N) is 1. The summed E-state index contributed by atoms with van der Waals surface area (Å²) in [7, 11) is 0. The Morgan fingerprint density at radius 2 is 1.67 bits per heavy atom. The van der Waals surface area contributed by atoms with E-state index in [1.54, 1.807) is 0 Å². The number of aliphatic hydroxyl groups excluding tert-OH is 1. The monoisotopic (exact) mass is 531 g/mol. The molecule has 5 aliphatic rings. The molecule has 1 saturated heterocycles. The van der Waals surface area contributed by atoms with E-state index in [2.05, 4.69) is 15.5 Å². The third kappa shape index (κ3) is 4.88. The van der Waals surface area contributed by atoms with Crippen molar-refractivity contribution in [2.24, 2.45) is 29.1 Å². The molecule has 2 aromatic rings. The standard InChI is InChI=1S/C25H34ClN3OS.2ClH/c26-20-1-2-21-22(10-20)31-24(27)29(21)14-16-3-5-28(6-4-16)15-23(30)25-11-17-7-18(12-25)9-19(8-17)13-25;;/h1-2,10,16-19,23,27,30H,3-9,11-15H2;2*1H/t17?,18?,19?,23-,25?;;/m1../s1. The van der Waals surface area contributed by atoms with E-state index >= 15 is 0 Å². The quantitative estimate of drug-likeness (QED) is 0.498. The Morgan fingerprint density at radius 3 is 2.27 bits per heavy atom. The fourth-order valence-corrected chi connectivity index (χ4v) is 9.07. The topological polar surface area (TPSA) is 52.2 Å². The maximum Gasteiger partial charge on any atom is 0.182 e. The van der Waals surface area contributed by atoms with Crippen LogP contribution in [0, 0.1) is 34.5 Å². The molecule has 0 unspecified atom stereocenters. The number of piperidine rings is 1. The van der Waals surface area contributed by atoms with Crippen LogP contribution >= 0.6 is 47.8 Å². The van der Waals surface area contributed by atoms with Gasteiger partial charge in [0.2, 0.25) is 0 Å². The molecule has 0 radical (unpaired) electrons. The maximum absolute atomic E-state index is 11.3. The molecular formula is C25H36Cl3N3OS. The number of halogens is 3. The Kier molecular flexibility index (Phi) is 7.80. The fourth-order valence-electron chi connectivity index (χ4n) is 7.88. The van der Waals surface area contributed by atoms with E-state index in [-0.39, 0.29) is 36.3 Å². The molecule has 2 heterocycles. The zero-order valence-electron chi connectivity index (χ0n) is 19.0. The van der Waals surface area contributed by atoms with Crippen molar-refractivity contribution in [3.05, 3.63) is 28.0 Å². The highest BCUT2D eigenvalue weighted by molar-refractivity contribution is 7.16. The molecule has 7 rings (SSSR count). The summed E-state index contributed by atoms with van der Waals surface area (Å²) in [5.74, 6) is 3.31. The number of hydrogen-bond donors (Lipinski definition) is 2. The fraction of sp³-hybridized carbons (Fsp3) is 0.720. The van der Waals surface area contributed by atoms with Gasteiger partial charge in [-0.15, -0.1) is 24.8 Å². The second kappa shape index (κ2) is 9.99. The molecule has 184 valence electrons. The minimum Gasteiger partial charge on any atom is -0.391 e. The SMILES string of the molecule is Cl.Cl.N=c1sc2cc(Cl)ccc2n1CC1CCN(C[C@@H](O)C23CC4CC(CC(C4)C2)C3)CC1. The van der Waals surface area contributed by atoms with Crippen molar-refractivity contribution in [2.45, 2.75) is 64.0 Å². The Morgan fingerprint density at radius 1 is 1.06 bits per heavy atom. The molecule has 2 N–H and O–H groups in total. The molecule has 5 fully saturated rings. The highest BCUT2D eigenvalue weighted by Crippen LogP contribution is 2.61. The van der Waals surface area contributed by atoms with E-state index in [1.807, 2.05) is 12.1 Å². The number of benzene rings is 1. The average molecular weight is 533 g/mol. The van der Waals surface area contributed by atoms with Gasteiger partial charge in [0.05, 0.1) is 16.3 Å². The van der Waals surface area contributed by atoms with Gasteiger partial charge in [-0.25, -0.2) is 0 Å². The number of aliphatic hydroxyl groups is 1. The van der Waals surface area contributed by atoms with Gasteiger partial charge in [0.1, 0.15) is 0 Å². The number of thiazole rings is 1. The molecule has 33 heavy (non-hydrogen) atoms. The second-order valence-corrected chi connectivity index (χ2v) is 12.6. The molecule has 1 atom stereocenters. The summed E-state index contributed by atoms with van der Waals surface area (Å²) in [6.07, 6.45) is 10.4. The third-order valence-electron chi connectivity index (χ3n) is 9.04. The first-order valence-corrected chi connectivity index (χ1v) is 13.4. The summed E-state index contributed by atoms with van der Waals surface area (Å²) in [5, 5.41) is 20.5. The van der Waals surface area contributed by atoms with Gasteiger partial charge in [0, 0.05) is 18.1 Å². The van der Waals surface area contributed by atoms with Crippen molar-refractivity contribution >= 4 is 58.0 Å². The lowest BCUT2D eigenvalue weighted by Crippen LogP contribution is -2.55. The molecular weight excluding hydrogens is 497 g/mol. The highest BCUT2D eigenvalue weighted by atomic mass is 35.5. The lowest BCUT2D eigenvalue weighted by atomic mass is 9.48. The largest absolute Gasteiger partial charge is 0.391 e. The number of rotatable bonds is 5. The summed E-state index contributed by atoms with van der Waals surface area (Å²) >= 11 is 7.66. The minimum absolute atomic E-state index is 0. The van der Waals surface area contributed by atoms with Gasteiger partial charge < -0.3 is 14.6 Å². The van der Waals surface area contributed by atoms with Crippen LogP contribution in [-0.2, 0) is 6.54 Å². The predicted molar refractivity (Wildman–Crippen MR) is 141 cm³/mol. The molecule has 4 bridgehead atoms. The lowest BCUT2D eigenvalue weighted by Gasteiger charge is -2.59. The molecule has 4 nitrogen and oxygen atoms in total. The predicted octanol–water partition coefficient (Wildman–Crippen LogP) is 5.97. The van der Waals surface area contributed by atoms with Gasteiger partial charge in [0.15, 0.2) is 4.80 Å². The van der Waals surface area contributed by atoms with Crippen LogP contribution in [0.5, 0.6) is 0 Å². The normalized spacial score (nSPS) is 32.5. The highest BCUT2D eigenvalue weighted by Gasteiger charge is 2.54. The van der Waals surface area contributed by atoms with Crippen LogP contribution < -0.4 is 4.80 Å². The molecule has 4 saturated carbocycles. The Labute approximate surface area is 218 Å². The van der Waals surface area contributed by atoms with E-state index in [0.717, 1.165) is 72.0 Å². The van der Waals surface area contributed by atoms with E-state index in [4.69, 9.17) is 17.0 Å². The number of hydrogen-bond acceptors (Lipinski definition) is 4. The molecule has 1 aliphatic heterocycles. The number of aromatic nitrogens is 1. The second-order valence-electron chi connectivity index (χ2n) is 11.2. The van der Waals surface area contributed by atoms with E-state index < -0.39 is 0 Å². The van der Waals surface area contributed by atoms with E-state index in [9.17, 15) is 5.11 Å². The summed E-state index contributed by atoms with van der Waals surface area (Å²) < 4.78 is 3.27. The Hall–Kier alpha value is -0.300. The molecule has 1 aromatic carbocycles. The van der Waals surface area contributed by atoms with Crippen LogP contribution in [-0.4, -0.2) is 40.3 Å². The van der Waals surface area contributed by atoms with Crippen molar-refractivity contribution in [1.29, 1.82) is 5.41 Å². The van der Waals surface area contributed by atoms with Crippen molar-refractivity contribution in [3.63, 3.8) is 0 Å². The van der Waals surface area contributed by atoms with Crippen LogP contribution in [0.3, 0.4) is 0 Å². The number of nitrogens with zero attached hydrogens (tertiary/aromatic N) is 2. The van der Waals surface area contributed by atoms with Crippen LogP contribution in [0.2, 0.25) is 5.02 Å². The lowest BCUT2D eigenvalue weighted by molar-refractivity contribution is -0.128. The molecule has 4 aliphatic carbocycles. The van der Waals surface area contributed by atoms with Gasteiger partial charge in [-0.3, -0.25) is 5.41 Å². The van der Waals surface area contributed by atoms with Crippen molar-refractivity contribution in [1.82, 2.24) is 9.47 Å². The van der Waals surface area contributed by atoms with Gasteiger partial charge in [-0.2, -0.15) is 0 Å². The first-order chi connectivity index (χ1) is 15.0. The minimum atomic E-state index is -0.141. The van der Waals surface area contributed by atoms with Crippen molar-refractivity contribution < 1.29 is 5.11 Å². The molecule has 0 amide bonds. The first kappa shape index (κ1) is 25.8. The summed E-state index contributed by atoms with van der Waals surface area (Å²) in [5.41, 5.74) is 1.37. The molecule has 1 aromatic heterocycles. The van der Waals surface area contributed by atoms with Crippen LogP contribution in [0.4, 0.5) is 0 Å². The summed E-state index contributed by atoms with van der Waals surface area (Å²) in [4.78, 5) is 3.15. The van der Waals surface area contributed by atoms with Gasteiger partial charge in [0.25, 0.3) is 0 Å².